The van der Waals surface area contributed by atoms with Crippen molar-refractivity contribution in [1.82, 2.24) is 0 Å². The summed E-state index contributed by atoms with van der Waals surface area (Å²) < 4.78 is 21.6. The summed E-state index contributed by atoms with van der Waals surface area (Å²) in [6.45, 7) is 5.66. The highest BCUT2D eigenvalue weighted by Gasteiger charge is 2.10. The highest BCUT2D eigenvalue weighted by molar-refractivity contribution is 7.72. The van der Waals surface area contributed by atoms with E-state index in [0.717, 1.165) is 16.7 Å². The van der Waals surface area contributed by atoms with Crippen molar-refractivity contribution in [3.8, 4) is 0 Å². The van der Waals surface area contributed by atoms with Crippen molar-refractivity contribution < 1.29 is 8.42 Å². The van der Waals surface area contributed by atoms with E-state index in [1.165, 1.54) is 0 Å². The van der Waals surface area contributed by atoms with Crippen molar-refractivity contribution in [3.63, 3.8) is 0 Å². The predicted octanol–water partition coefficient (Wildman–Crippen LogP) is 1.98. The van der Waals surface area contributed by atoms with Crippen LogP contribution in [-0.4, -0.2) is 8.42 Å². The van der Waals surface area contributed by atoms with Crippen LogP contribution in [0.4, 0.5) is 0 Å². The maximum atomic E-state index is 10.8. The highest BCUT2D eigenvalue weighted by atomic mass is 32.2. The van der Waals surface area contributed by atoms with Gasteiger partial charge >= 0.3 is 0 Å². The van der Waals surface area contributed by atoms with Crippen molar-refractivity contribution in [1.29, 1.82) is 0 Å². The number of aryl methyl sites for hydroxylation is 1. The first-order chi connectivity index (χ1) is 6.04. The Kier molecular flexibility index (Phi) is 3.09. The van der Waals surface area contributed by atoms with E-state index in [2.05, 4.69) is 0 Å². The van der Waals surface area contributed by atoms with E-state index in [4.69, 9.17) is 0 Å². The van der Waals surface area contributed by atoms with E-state index in [1.54, 1.807) is 6.92 Å². The fourth-order valence-electron chi connectivity index (χ4n) is 1.34. The molecule has 13 heavy (non-hydrogen) atoms. The topological polar surface area (TPSA) is 34.1 Å². The molecule has 1 unspecified atom stereocenters. The van der Waals surface area contributed by atoms with Crippen LogP contribution < -0.4 is 0 Å². The Morgan fingerprint density at radius 3 is 2.38 bits per heavy atom. The summed E-state index contributed by atoms with van der Waals surface area (Å²) in [6, 6.07) is 5.76. The molecule has 0 saturated carbocycles. The van der Waals surface area contributed by atoms with E-state index in [1.807, 2.05) is 32.0 Å². The average molecular weight is 198 g/mol. The first kappa shape index (κ1) is 10.3. The van der Waals surface area contributed by atoms with Gasteiger partial charge in [-0.1, -0.05) is 18.2 Å². The van der Waals surface area contributed by atoms with Crippen LogP contribution in [0.2, 0.25) is 0 Å². The van der Waals surface area contributed by atoms with Crippen molar-refractivity contribution in [2.45, 2.75) is 26.0 Å². The molecule has 0 aliphatic heterocycles. The summed E-state index contributed by atoms with van der Waals surface area (Å²) >= 11 is 0. The lowest BCUT2D eigenvalue weighted by atomic mass is 10.0. The summed E-state index contributed by atoms with van der Waals surface area (Å²) in [6.07, 6.45) is 0. The molecular formula is C10H14O2S. The minimum absolute atomic E-state index is 0.380. The van der Waals surface area contributed by atoms with Crippen LogP contribution in [0.15, 0.2) is 18.2 Å². The Morgan fingerprint density at radius 1 is 1.23 bits per heavy atom. The number of hydrogen-bond acceptors (Lipinski definition) is 2. The molecule has 0 amide bonds. The Bertz CT molecular complexity index is 373. The first-order valence-electron chi connectivity index (χ1n) is 4.23. The maximum absolute atomic E-state index is 10.8. The number of thiol groups is 1. The third kappa shape index (κ3) is 2.10. The van der Waals surface area contributed by atoms with Gasteiger partial charge in [0, 0.05) is 0 Å². The van der Waals surface area contributed by atoms with Crippen LogP contribution in [0.3, 0.4) is 0 Å². The van der Waals surface area contributed by atoms with Crippen molar-refractivity contribution in [3.05, 3.63) is 34.9 Å². The molecule has 0 aliphatic carbocycles. The Morgan fingerprint density at radius 2 is 1.85 bits per heavy atom. The van der Waals surface area contributed by atoms with Crippen LogP contribution in [0, 0.1) is 13.8 Å². The summed E-state index contributed by atoms with van der Waals surface area (Å²) in [5.41, 5.74) is 3.13. The van der Waals surface area contributed by atoms with Crippen LogP contribution in [0.1, 0.15) is 28.9 Å². The number of rotatable bonds is 2. The second-order valence-electron chi connectivity index (χ2n) is 3.25. The summed E-state index contributed by atoms with van der Waals surface area (Å²) in [4.78, 5) is 0. The molecule has 2 nitrogen and oxygen atoms in total. The molecule has 1 aromatic rings. The largest absolute Gasteiger partial charge is 0.231 e. The normalized spacial score (nSPS) is 13.2. The van der Waals surface area contributed by atoms with E-state index in [9.17, 15) is 8.42 Å². The Balaban J connectivity index is 3.22. The second-order valence-corrected chi connectivity index (χ2v) is 4.60. The summed E-state index contributed by atoms with van der Waals surface area (Å²) in [5.74, 6) is 0. The summed E-state index contributed by atoms with van der Waals surface area (Å²) in [5, 5.41) is -0.380. The van der Waals surface area contributed by atoms with Gasteiger partial charge in [-0.3, -0.25) is 0 Å². The molecule has 0 aliphatic rings. The van der Waals surface area contributed by atoms with Crippen molar-refractivity contribution >= 4 is 10.7 Å². The molecule has 1 atom stereocenters. The quantitative estimate of drug-likeness (QED) is 0.737. The van der Waals surface area contributed by atoms with Gasteiger partial charge in [-0.2, -0.15) is 0 Å². The standard InChI is InChI=1S/C10H14O2S/c1-7-5-4-6-10(8(7)2)9(3)13(11)12/h4-6,9,13H,1-3H3. The Labute approximate surface area is 80.5 Å². The maximum Gasteiger partial charge on any atom is 0.146 e. The van der Waals surface area contributed by atoms with Crippen molar-refractivity contribution in [2.75, 3.05) is 0 Å². The monoisotopic (exact) mass is 198 g/mol. The zero-order chi connectivity index (χ0) is 10.0. The minimum atomic E-state index is -2.37. The molecular weight excluding hydrogens is 184 g/mol. The zero-order valence-corrected chi connectivity index (χ0v) is 8.97. The van der Waals surface area contributed by atoms with Gasteiger partial charge in [0.15, 0.2) is 0 Å². The smallest absolute Gasteiger partial charge is 0.146 e. The van der Waals surface area contributed by atoms with E-state index >= 15 is 0 Å². The molecule has 3 heteroatoms. The zero-order valence-electron chi connectivity index (χ0n) is 8.07. The van der Waals surface area contributed by atoms with Gasteiger partial charge in [-0.15, -0.1) is 0 Å². The molecule has 0 N–H and O–H groups in total. The molecule has 1 rings (SSSR count). The molecule has 72 valence electrons. The van der Waals surface area contributed by atoms with Crippen LogP contribution in [0.25, 0.3) is 0 Å². The molecule has 0 aromatic heterocycles. The number of hydrogen-bond donors (Lipinski definition) is 1. The minimum Gasteiger partial charge on any atom is -0.231 e. The molecule has 1 aromatic carbocycles. The molecule has 0 radical (unpaired) electrons. The van der Waals surface area contributed by atoms with Crippen LogP contribution in [0.5, 0.6) is 0 Å². The fourth-order valence-corrected chi connectivity index (χ4v) is 1.85. The van der Waals surface area contributed by atoms with Crippen molar-refractivity contribution in [2.24, 2.45) is 0 Å². The van der Waals surface area contributed by atoms with Gasteiger partial charge in [-0.25, -0.2) is 8.42 Å². The van der Waals surface area contributed by atoms with Gasteiger partial charge < -0.3 is 0 Å². The van der Waals surface area contributed by atoms with Gasteiger partial charge in [-0.05, 0) is 37.5 Å². The molecule has 0 heterocycles. The third-order valence-electron chi connectivity index (χ3n) is 2.41. The lowest BCUT2D eigenvalue weighted by Gasteiger charge is -2.10. The molecule has 0 fully saturated rings. The average Bonchev–Trinajstić information content (AvgIpc) is 2.08. The SMILES string of the molecule is Cc1cccc(C(C)[SH](=O)=O)c1C. The lowest BCUT2D eigenvalue weighted by Crippen LogP contribution is -1.99. The van der Waals surface area contributed by atoms with E-state index in [-0.39, 0.29) is 5.25 Å². The third-order valence-corrected chi connectivity index (χ3v) is 3.32. The Hall–Kier alpha value is -0.830. The highest BCUT2D eigenvalue weighted by Crippen LogP contribution is 2.22. The number of benzene rings is 1. The second kappa shape index (κ2) is 3.92. The van der Waals surface area contributed by atoms with Gasteiger partial charge in [0.25, 0.3) is 0 Å². The molecule has 0 bridgehead atoms. The van der Waals surface area contributed by atoms with Gasteiger partial charge in [0.1, 0.15) is 10.7 Å². The van der Waals surface area contributed by atoms with Crippen LogP contribution in [-0.2, 0) is 10.7 Å². The molecule has 0 spiro atoms. The summed E-state index contributed by atoms with van der Waals surface area (Å²) in [7, 11) is -2.37. The first-order valence-corrected chi connectivity index (χ1v) is 5.48. The van der Waals surface area contributed by atoms with Gasteiger partial charge in [0.05, 0.1) is 5.25 Å². The van der Waals surface area contributed by atoms with E-state index in [0.29, 0.717) is 0 Å². The molecule has 0 saturated heterocycles. The lowest BCUT2D eigenvalue weighted by molar-refractivity contribution is 0.605. The van der Waals surface area contributed by atoms with Crippen LogP contribution >= 0.6 is 0 Å². The van der Waals surface area contributed by atoms with E-state index < -0.39 is 10.7 Å². The predicted molar refractivity (Wildman–Crippen MR) is 54.6 cm³/mol. The fraction of sp³-hybridized carbons (Fsp3) is 0.400. The van der Waals surface area contributed by atoms with Gasteiger partial charge in [0.2, 0.25) is 0 Å².